The first kappa shape index (κ1) is 17.1. The maximum absolute atomic E-state index is 12.1. The SMILES string of the molecule is Cc1ccccc1Nc1ccc(NC(=O)Cc2ccc(Br)cc2)nn1. The van der Waals surface area contributed by atoms with E-state index in [2.05, 4.69) is 36.8 Å². The molecule has 2 N–H and O–H groups in total. The number of halogens is 1. The Morgan fingerprint density at radius 1 is 0.960 bits per heavy atom. The molecule has 1 heterocycles. The number of anilines is 3. The maximum Gasteiger partial charge on any atom is 0.229 e. The van der Waals surface area contributed by atoms with Crippen molar-refractivity contribution in [3.63, 3.8) is 0 Å². The summed E-state index contributed by atoms with van der Waals surface area (Å²) in [6.45, 7) is 2.02. The standard InChI is InChI=1S/C19H17BrN4O/c1-13-4-2-3-5-16(13)21-17-10-11-18(24-23-17)22-19(25)12-14-6-8-15(20)9-7-14/h2-11H,12H2,1H3,(H,21,23)(H,22,24,25). The van der Waals surface area contributed by atoms with Gasteiger partial charge in [0.25, 0.3) is 0 Å². The average Bonchev–Trinajstić information content (AvgIpc) is 2.61. The molecule has 126 valence electrons. The van der Waals surface area contributed by atoms with Crippen LogP contribution in [0.4, 0.5) is 17.3 Å². The van der Waals surface area contributed by atoms with E-state index < -0.39 is 0 Å². The minimum Gasteiger partial charge on any atom is -0.339 e. The van der Waals surface area contributed by atoms with Crippen molar-refractivity contribution in [2.45, 2.75) is 13.3 Å². The van der Waals surface area contributed by atoms with Crippen molar-refractivity contribution in [3.8, 4) is 0 Å². The van der Waals surface area contributed by atoms with Crippen molar-refractivity contribution in [2.75, 3.05) is 10.6 Å². The van der Waals surface area contributed by atoms with E-state index in [1.807, 2.05) is 55.5 Å². The number of para-hydroxylation sites is 1. The summed E-state index contributed by atoms with van der Waals surface area (Å²) >= 11 is 3.38. The Balaban J connectivity index is 1.59. The van der Waals surface area contributed by atoms with Crippen LogP contribution >= 0.6 is 15.9 Å². The average molecular weight is 397 g/mol. The summed E-state index contributed by atoms with van der Waals surface area (Å²) in [5.41, 5.74) is 3.03. The molecule has 0 aliphatic carbocycles. The molecule has 3 rings (SSSR count). The van der Waals surface area contributed by atoms with E-state index >= 15 is 0 Å². The van der Waals surface area contributed by atoms with Crippen molar-refractivity contribution in [3.05, 3.63) is 76.3 Å². The number of nitrogens with one attached hydrogen (secondary N) is 2. The third-order valence-corrected chi connectivity index (χ3v) is 4.15. The zero-order valence-corrected chi connectivity index (χ0v) is 15.2. The zero-order valence-electron chi connectivity index (χ0n) is 13.7. The minimum atomic E-state index is -0.128. The topological polar surface area (TPSA) is 66.9 Å². The molecular formula is C19H17BrN4O. The Bertz CT molecular complexity index is 863. The molecule has 0 aliphatic heterocycles. The highest BCUT2D eigenvalue weighted by atomic mass is 79.9. The van der Waals surface area contributed by atoms with Gasteiger partial charge in [0, 0.05) is 10.2 Å². The van der Waals surface area contributed by atoms with Crippen LogP contribution in [0, 0.1) is 6.92 Å². The highest BCUT2D eigenvalue weighted by Crippen LogP contribution is 2.18. The van der Waals surface area contributed by atoms with E-state index in [1.165, 1.54) is 0 Å². The largest absolute Gasteiger partial charge is 0.339 e. The third-order valence-electron chi connectivity index (χ3n) is 3.62. The van der Waals surface area contributed by atoms with Gasteiger partial charge in [0.2, 0.25) is 5.91 Å². The summed E-state index contributed by atoms with van der Waals surface area (Å²) in [5.74, 6) is 0.925. The quantitative estimate of drug-likeness (QED) is 0.667. The van der Waals surface area contributed by atoms with Gasteiger partial charge in [0.15, 0.2) is 11.6 Å². The van der Waals surface area contributed by atoms with Crippen LogP contribution in [0.1, 0.15) is 11.1 Å². The Hall–Kier alpha value is -2.73. The molecule has 0 unspecified atom stereocenters. The lowest BCUT2D eigenvalue weighted by atomic mass is 10.1. The molecule has 0 aliphatic rings. The summed E-state index contributed by atoms with van der Waals surface area (Å²) < 4.78 is 0.985. The number of carbonyl (C=O) groups is 1. The monoisotopic (exact) mass is 396 g/mol. The lowest BCUT2D eigenvalue weighted by Gasteiger charge is -2.09. The van der Waals surface area contributed by atoms with Crippen LogP contribution in [0.5, 0.6) is 0 Å². The second kappa shape index (κ2) is 7.90. The molecule has 5 nitrogen and oxygen atoms in total. The van der Waals surface area contributed by atoms with E-state index in [0.29, 0.717) is 11.6 Å². The molecule has 0 radical (unpaired) electrons. The van der Waals surface area contributed by atoms with Gasteiger partial charge in [0.1, 0.15) is 0 Å². The Morgan fingerprint density at radius 3 is 2.32 bits per heavy atom. The molecule has 0 saturated heterocycles. The fourth-order valence-corrected chi connectivity index (χ4v) is 2.56. The zero-order chi connectivity index (χ0) is 17.6. The second-order valence-electron chi connectivity index (χ2n) is 5.60. The lowest BCUT2D eigenvalue weighted by Crippen LogP contribution is -2.15. The molecular weight excluding hydrogens is 380 g/mol. The van der Waals surface area contributed by atoms with Crippen LogP contribution in [0.2, 0.25) is 0 Å². The highest BCUT2D eigenvalue weighted by Gasteiger charge is 2.06. The number of rotatable bonds is 5. The normalized spacial score (nSPS) is 10.3. The number of carbonyl (C=O) groups excluding carboxylic acids is 1. The van der Waals surface area contributed by atoms with E-state index in [4.69, 9.17) is 0 Å². The van der Waals surface area contributed by atoms with Gasteiger partial charge in [0.05, 0.1) is 6.42 Å². The molecule has 0 spiro atoms. The molecule has 0 saturated carbocycles. The molecule has 0 fully saturated rings. The van der Waals surface area contributed by atoms with Gasteiger partial charge in [-0.05, 0) is 48.4 Å². The summed E-state index contributed by atoms with van der Waals surface area (Å²) in [4.78, 5) is 12.1. The van der Waals surface area contributed by atoms with Gasteiger partial charge >= 0.3 is 0 Å². The first-order valence-corrected chi connectivity index (χ1v) is 8.60. The molecule has 25 heavy (non-hydrogen) atoms. The van der Waals surface area contributed by atoms with Crippen LogP contribution in [-0.2, 0) is 11.2 Å². The van der Waals surface area contributed by atoms with Gasteiger partial charge in [-0.15, -0.1) is 10.2 Å². The predicted octanol–water partition coefficient (Wildman–Crippen LogP) is 4.47. The maximum atomic E-state index is 12.1. The van der Waals surface area contributed by atoms with Gasteiger partial charge in [-0.1, -0.05) is 46.3 Å². The number of aromatic nitrogens is 2. The van der Waals surface area contributed by atoms with E-state index in [1.54, 1.807) is 12.1 Å². The van der Waals surface area contributed by atoms with Crippen LogP contribution < -0.4 is 10.6 Å². The summed E-state index contributed by atoms with van der Waals surface area (Å²) in [7, 11) is 0. The summed E-state index contributed by atoms with van der Waals surface area (Å²) in [6.07, 6.45) is 0.290. The van der Waals surface area contributed by atoms with Gasteiger partial charge in [-0.25, -0.2) is 0 Å². The number of nitrogens with zero attached hydrogens (tertiary/aromatic N) is 2. The van der Waals surface area contributed by atoms with Crippen LogP contribution in [0.3, 0.4) is 0 Å². The van der Waals surface area contributed by atoms with Crippen molar-refractivity contribution in [1.82, 2.24) is 10.2 Å². The Morgan fingerprint density at radius 2 is 1.64 bits per heavy atom. The fraction of sp³-hybridized carbons (Fsp3) is 0.105. The van der Waals surface area contributed by atoms with Crippen LogP contribution in [-0.4, -0.2) is 16.1 Å². The van der Waals surface area contributed by atoms with Crippen molar-refractivity contribution >= 4 is 39.2 Å². The van der Waals surface area contributed by atoms with E-state index in [-0.39, 0.29) is 12.3 Å². The summed E-state index contributed by atoms with van der Waals surface area (Å²) in [6, 6.07) is 19.1. The van der Waals surface area contributed by atoms with Gasteiger partial charge in [-0.3, -0.25) is 4.79 Å². The van der Waals surface area contributed by atoms with Gasteiger partial charge < -0.3 is 10.6 Å². The molecule has 6 heteroatoms. The van der Waals surface area contributed by atoms with Crippen molar-refractivity contribution < 1.29 is 4.79 Å². The van der Waals surface area contributed by atoms with Crippen molar-refractivity contribution in [1.29, 1.82) is 0 Å². The molecule has 1 amide bonds. The van der Waals surface area contributed by atoms with Crippen molar-refractivity contribution in [2.24, 2.45) is 0 Å². The highest BCUT2D eigenvalue weighted by molar-refractivity contribution is 9.10. The molecule has 1 aromatic heterocycles. The second-order valence-corrected chi connectivity index (χ2v) is 6.51. The first-order valence-electron chi connectivity index (χ1n) is 7.81. The predicted molar refractivity (Wildman–Crippen MR) is 103 cm³/mol. The molecule has 3 aromatic rings. The summed E-state index contributed by atoms with van der Waals surface area (Å²) in [5, 5.41) is 14.1. The minimum absolute atomic E-state index is 0.128. The molecule has 0 atom stereocenters. The van der Waals surface area contributed by atoms with E-state index in [9.17, 15) is 4.79 Å². The third kappa shape index (κ3) is 4.87. The smallest absolute Gasteiger partial charge is 0.229 e. The van der Waals surface area contributed by atoms with Crippen LogP contribution in [0.25, 0.3) is 0 Å². The van der Waals surface area contributed by atoms with E-state index in [0.717, 1.165) is 21.3 Å². The number of hydrogen-bond donors (Lipinski definition) is 2. The molecule has 0 bridgehead atoms. The Kier molecular flexibility index (Phi) is 5.40. The number of amides is 1. The lowest BCUT2D eigenvalue weighted by molar-refractivity contribution is -0.115. The van der Waals surface area contributed by atoms with Crippen LogP contribution in [0.15, 0.2) is 65.1 Å². The number of aryl methyl sites for hydroxylation is 1. The molecule has 2 aromatic carbocycles. The first-order chi connectivity index (χ1) is 12.1. The number of hydrogen-bond acceptors (Lipinski definition) is 4. The fourth-order valence-electron chi connectivity index (χ4n) is 2.29. The number of benzene rings is 2. The van der Waals surface area contributed by atoms with Gasteiger partial charge in [-0.2, -0.15) is 0 Å². The Labute approximate surface area is 154 Å².